The Bertz CT molecular complexity index is 238. The number of hydrogen-bond donors (Lipinski definition) is 2. The molecule has 3 heteroatoms. The molecule has 0 bridgehead atoms. The lowest BCUT2D eigenvalue weighted by atomic mass is 9.80. The van der Waals surface area contributed by atoms with E-state index in [0.29, 0.717) is 12.5 Å². The molecule has 0 aliphatic heterocycles. The highest BCUT2D eigenvalue weighted by Gasteiger charge is 2.27. The first kappa shape index (κ1) is 13.5. The molecule has 1 aliphatic carbocycles. The summed E-state index contributed by atoms with van der Waals surface area (Å²) in [5, 5.41) is 3.06. The van der Waals surface area contributed by atoms with Crippen molar-refractivity contribution in [1.82, 2.24) is 5.32 Å². The molecule has 1 amide bonds. The Hall–Kier alpha value is -0.570. The summed E-state index contributed by atoms with van der Waals surface area (Å²) in [5.41, 5.74) is 5.15. The molecule has 0 heterocycles. The van der Waals surface area contributed by atoms with Gasteiger partial charge in [-0.3, -0.25) is 4.79 Å². The standard InChI is InChI=1S/C13H26N2O/c1-10-6-4-5-7-11(10)8-15-12(16)13(2,3)9-14/h10-11H,4-9,14H2,1-3H3,(H,15,16). The largest absolute Gasteiger partial charge is 0.355 e. The van der Waals surface area contributed by atoms with Crippen molar-refractivity contribution < 1.29 is 4.79 Å². The lowest BCUT2D eigenvalue weighted by molar-refractivity contribution is -0.129. The van der Waals surface area contributed by atoms with Crippen LogP contribution in [0.4, 0.5) is 0 Å². The van der Waals surface area contributed by atoms with Crippen LogP contribution in [0.5, 0.6) is 0 Å². The van der Waals surface area contributed by atoms with Crippen LogP contribution in [0.15, 0.2) is 0 Å². The average Bonchev–Trinajstić information content (AvgIpc) is 2.27. The van der Waals surface area contributed by atoms with Gasteiger partial charge in [0.1, 0.15) is 0 Å². The van der Waals surface area contributed by atoms with Crippen LogP contribution in [0.25, 0.3) is 0 Å². The lowest BCUT2D eigenvalue weighted by Gasteiger charge is -2.30. The molecule has 94 valence electrons. The second-order valence-electron chi connectivity index (χ2n) is 5.82. The number of nitrogens with two attached hydrogens (primary N) is 1. The van der Waals surface area contributed by atoms with Crippen molar-refractivity contribution in [1.29, 1.82) is 0 Å². The van der Waals surface area contributed by atoms with Gasteiger partial charge in [0.2, 0.25) is 5.91 Å². The predicted octanol–water partition coefficient (Wildman–Crippen LogP) is 1.91. The Morgan fingerprint density at radius 3 is 2.56 bits per heavy atom. The van der Waals surface area contributed by atoms with Crippen LogP contribution in [0.2, 0.25) is 0 Å². The van der Waals surface area contributed by atoms with Crippen LogP contribution in [-0.4, -0.2) is 19.0 Å². The summed E-state index contributed by atoms with van der Waals surface area (Å²) in [6, 6.07) is 0. The molecule has 0 spiro atoms. The van der Waals surface area contributed by atoms with E-state index in [1.807, 2.05) is 13.8 Å². The summed E-state index contributed by atoms with van der Waals surface area (Å²) in [5.74, 6) is 1.49. The van der Waals surface area contributed by atoms with Crippen LogP contribution < -0.4 is 11.1 Å². The van der Waals surface area contributed by atoms with Crippen molar-refractivity contribution in [3.63, 3.8) is 0 Å². The van der Waals surface area contributed by atoms with Crippen molar-refractivity contribution in [3.8, 4) is 0 Å². The van der Waals surface area contributed by atoms with Gasteiger partial charge < -0.3 is 11.1 Å². The Labute approximate surface area is 99.2 Å². The van der Waals surface area contributed by atoms with E-state index >= 15 is 0 Å². The van der Waals surface area contributed by atoms with Crippen molar-refractivity contribution in [2.75, 3.05) is 13.1 Å². The van der Waals surface area contributed by atoms with E-state index in [1.165, 1.54) is 25.7 Å². The molecule has 0 saturated heterocycles. The van der Waals surface area contributed by atoms with E-state index in [4.69, 9.17) is 5.73 Å². The van der Waals surface area contributed by atoms with E-state index in [9.17, 15) is 4.79 Å². The quantitative estimate of drug-likeness (QED) is 0.769. The van der Waals surface area contributed by atoms with Gasteiger partial charge in [-0.2, -0.15) is 0 Å². The highest BCUT2D eigenvalue weighted by atomic mass is 16.2. The zero-order valence-corrected chi connectivity index (χ0v) is 10.9. The summed E-state index contributed by atoms with van der Waals surface area (Å²) in [4.78, 5) is 11.9. The van der Waals surface area contributed by atoms with Crippen molar-refractivity contribution in [2.45, 2.75) is 46.5 Å². The first-order valence-corrected chi connectivity index (χ1v) is 6.45. The molecule has 1 rings (SSSR count). The Kier molecular flexibility index (Phi) is 4.78. The average molecular weight is 226 g/mol. The van der Waals surface area contributed by atoms with Gasteiger partial charge in [-0.05, 0) is 32.1 Å². The highest BCUT2D eigenvalue weighted by molar-refractivity contribution is 5.82. The van der Waals surface area contributed by atoms with Gasteiger partial charge in [0, 0.05) is 13.1 Å². The number of carbonyl (C=O) groups excluding carboxylic acids is 1. The predicted molar refractivity (Wildman–Crippen MR) is 67.0 cm³/mol. The van der Waals surface area contributed by atoms with Gasteiger partial charge >= 0.3 is 0 Å². The zero-order chi connectivity index (χ0) is 12.2. The Morgan fingerprint density at radius 2 is 2.00 bits per heavy atom. The first-order valence-electron chi connectivity index (χ1n) is 6.45. The van der Waals surface area contributed by atoms with Crippen LogP contribution in [0, 0.1) is 17.3 Å². The molecule has 3 N–H and O–H groups in total. The van der Waals surface area contributed by atoms with Crippen LogP contribution in [0.3, 0.4) is 0 Å². The van der Waals surface area contributed by atoms with Gasteiger partial charge in [0.25, 0.3) is 0 Å². The SMILES string of the molecule is CC1CCCCC1CNC(=O)C(C)(C)CN. The molecular weight excluding hydrogens is 200 g/mol. The highest BCUT2D eigenvalue weighted by Crippen LogP contribution is 2.29. The maximum Gasteiger partial charge on any atom is 0.226 e. The van der Waals surface area contributed by atoms with Crippen molar-refractivity contribution in [3.05, 3.63) is 0 Å². The molecule has 1 aliphatic rings. The molecule has 2 unspecified atom stereocenters. The minimum absolute atomic E-state index is 0.0905. The first-order chi connectivity index (χ1) is 7.47. The number of amides is 1. The molecule has 16 heavy (non-hydrogen) atoms. The van der Waals surface area contributed by atoms with E-state index < -0.39 is 5.41 Å². The van der Waals surface area contributed by atoms with Crippen LogP contribution >= 0.6 is 0 Å². The summed E-state index contributed by atoms with van der Waals surface area (Å²) in [6.07, 6.45) is 5.22. The maximum absolute atomic E-state index is 11.9. The van der Waals surface area contributed by atoms with E-state index in [-0.39, 0.29) is 5.91 Å². The van der Waals surface area contributed by atoms with E-state index in [2.05, 4.69) is 12.2 Å². The van der Waals surface area contributed by atoms with Gasteiger partial charge in [0.05, 0.1) is 5.41 Å². The number of rotatable bonds is 4. The summed E-state index contributed by atoms with van der Waals surface area (Å²) in [7, 11) is 0. The van der Waals surface area contributed by atoms with E-state index in [0.717, 1.165) is 12.5 Å². The molecule has 2 atom stereocenters. The smallest absolute Gasteiger partial charge is 0.226 e. The van der Waals surface area contributed by atoms with Crippen LogP contribution in [0.1, 0.15) is 46.5 Å². The summed E-state index contributed by atoms with van der Waals surface area (Å²) in [6.45, 7) is 7.31. The summed E-state index contributed by atoms with van der Waals surface area (Å²) >= 11 is 0. The Balaban J connectivity index is 2.36. The van der Waals surface area contributed by atoms with Crippen LogP contribution in [-0.2, 0) is 4.79 Å². The third-order valence-electron chi connectivity index (χ3n) is 3.94. The fraction of sp³-hybridized carbons (Fsp3) is 0.923. The number of nitrogens with one attached hydrogen (secondary N) is 1. The normalized spacial score (nSPS) is 26.5. The molecule has 0 aromatic carbocycles. The third kappa shape index (κ3) is 3.48. The van der Waals surface area contributed by atoms with Gasteiger partial charge in [-0.15, -0.1) is 0 Å². The fourth-order valence-electron chi connectivity index (χ4n) is 2.25. The second kappa shape index (κ2) is 5.67. The van der Waals surface area contributed by atoms with Crippen molar-refractivity contribution in [2.24, 2.45) is 23.0 Å². The molecular formula is C13H26N2O. The minimum atomic E-state index is -0.433. The molecule has 3 nitrogen and oxygen atoms in total. The number of carbonyl (C=O) groups is 1. The Morgan fingerprint density at radius 1 is 1.38 bits per heavy atom. The molecule has 0 radical (unpaired) electrons. The zero-order valence-electron chi connectivity index (χ0n) is 10.9. The molecule has 1 fully saturated rings. The third-order valence-corrected chi connectivity index (χ3v) is 3.94. The lowest BCUT2D eigenvalue weighted by Crippen LogP contribution is -2.44. The van der Waals surface area contributed by atoms with E-state index in [1.54, 1.807) is 0 Å². The monoisotopic (exact) mass is 226 g/mol. The van der Waals surface area contributed by atoms with Gasteiger partial charge in [-0.25, -0.2) is 0 Å². The topological polar surface area (TPSA) is 55.1 Å². The molecule has 0 aromatic heterocycles. The van der Waals surface area contributed by atoms with Gasteiger partial charge in [-0.1, -0.05) is 26.2 Å². The molecule has 1 saturated carbocycles. The molecule has 0 aromatic rings. The minimum Gasteiger partial charge on any atom is -0.355 e. The number of hydrogen-bond acceptors (Lipinski definition) is 2. The maximum atomic E-state index is 11.9. The fourth-order valence-corrected chi connectivity index (χ4v) is 2.25. The summed E-state index contributed by atoms with van der Waals surface area (Å²) < 4.78 is 0. The van der Waals surface area contributed by atoms with Gasteiger partial charge in [0.15, 0.2) is 0 Å². The van der Waals surface area contributed by atoms with Crippen molar-refractivity contribution >= 4 is 5.91 Å². The second-order valence-corrected chi connectivity index (χ2v) is 5.82.